The summed E-state index contributed by atoms with van der Waals surface area (Å²) in [6, 6.07) is 5.80. The second-order valence-electron chi connectivity index (χ2n) is 5.09. The molecule has 3 nitrogen and oxygen atoms in total. The first-order valence-electron chi connectivity index (χ1n) is 6.91. The average Bonchev–Trinajstić information content (AvgIpc) is 2.40. The normalized spacial score (nSPS) is 11.8. The molecular formula is C15H22F3NO2. The molecule has 0 saturated carbocycles. The van der Waals surface area contributed by atoms with Crippen LogP contribution >= 0.6 is 0 Å². The number of ether oxygens (including phenoxy) is 2. The highest BCUT2D eigenvalue weighted by molar-refractivity contribution is 5.42. The van der Waals surface area contributed by atoms with E-state index in [2.05, 4.69) is 5.32 Å². The lowest BCUT2D eigenvalue weighted by atomic mass is 10.2. The van der Waals surface area contributed by atoms with Crippen LogP contribution < -0.4 is 14.8 Å². The molecule has 21 heavy (non-hydrogen) atoms. The molecule has 0 aromatic heterocycles. The number of methoxy groups -OCH3 is 1. The molecule has 0 aliphatic heterocycles. The van der Waals surface area contributed by atoms with Crippen LogP contribution in [0.5, 0.6) is 11.5 Å². The first kappa shape index (κ1) is 17.6. The van der Waals surface area contributed by atoms with Gasteiger partial charge < -0.3 is 14.8 Å². The zero-order chi connectivity index (χ0) is 15.9. The van der Waals surface area contributed by atoms with Crippen LogP contribution in [0, 0.1) is 0 Å². The van der Waals surface area contributed by atoms with E-state index in [9.17, 15) is 13.2 Å². The van der Waals surface area contributed by atoms with Gasteiger partial charge in [-0.05, 0) is 24.1 Å². The largest absolute Gasteiger partial charge is 0.493 e. The van der Waals surface area contributed by atoms with E-state index < -0.39 is 12.6 Å². The lowest BCUT2D eigenvalue weighted by Gasteiger charge is -2.14. The molecule has 1 N–H and O–H groups in total. The van der Waals surface area contributed by atoms with Crippen molar-refractivity contribution in [2.75, 3.05) is 13.7 Å². The van der Waals surface area contributed by atoms with Crippen molar-refractivity contribution in [1.29, 1.82) is 0 Å². The van der Waals surface area contributed by atoms with Crippen LogP contribution in [-0.2, 0) is 6.54 Å². The minimum Gasteiger partial charge on any atom is -0.493 e. The Morgan fingerprint density at radius 1 is 1.19 bits per heavy atom. The second-order valence-corrected chi connectivity index (χ2v) is 5.09. The molecule has 1 aromatic rings. The Balaban J connectivity index is 2.59. The zero-order valence-electron chi connectivity index (χ0n) is 12.6. The Morgan fingerprint density at radius 2 is 1.90 bits per heavy atom. The minimum atomic E-state index is -4.14. The van der Waals surface area contributed by atoms with Gasteiger partial charge in [0.2, 0.25) is 0 Å². The third-order valence-electron chi connectivity index (χ3n) is 2.80. The van der Waals surface area contributed by atoms with Gasteiger partial charge in [-0.2, -0.15) is 13.2 Å². The van der Waals surface area contributed by atoms with Crippen molar-refractivity contribution in [2.24, 2.45) is 0 Å². The Bertz CT molecular complexity index is 433. The molecule has 0 unspecified atom stereocenters. The quantitative estimate of drug-likeness (QED) is 0.739. The first-order chi connectivity index (χ1) is 9.81. The second kappa shape index (κ2) is 8.12. The molecule has 0 amide bonds. The first-order valence-corrected chi connectivity index (χ1v) is 6.91. The van der Waals surface area contributed by atoms with Crippen LogP contribution in [0.2, 0.25) is 0 Å². The van der Waals surface area contributed by atoms with Gasteiger partial charge in [-0.3, -0.25) is 0 Å². The van der Waals surface area contributed by atoms with E-state index in [0.717, 1.165) is 5.56 Å². The molecule has 6 heteroatoms. The summed E-state index contributed by atoms with van der Waals surface area (Å²) in [6.07, 6.45) is -5.05. The SMILES string of the molecule is COc1ccc(CNC(C)C)cc1OCCCC(F)(F)F. The highest BCUT2D eigenvalue weighted by Gasteiger charge is 2.26. The molecule has 0 aliphatic carbocycles. The van der Waals surface area contributed by atoms with E-state index in [0.29, 0.717) is 24.1 Å². The molecule has 0 aliphatic rings. The van der Waals surface area contributed by atoms with Crippen molar-refractivity contribution >= 4 is 0 Å². The summed E-state index contributed by atoms with van der Waals surface area (Å²) >= 11 is 0. The van der Waals surface area contributed by atoms with Gasteiger partial charge in [0.1, 0.15) is 0 Å². The van der Waals surface area contributed by atoms with E-state index in [-0.39, 0.29) is 13.0 Å². The standard InChI is InChI=1S/C15H22F3NO2/c1-11(2)19-10-12-5-6-13(20-3)14(9-12)21-8-4-7-15(16,17)18/h5-6,9,11,19H,4,7-8,10H2,1-3H3. The van der Waals surface area contributed by atoms with Gasteiger partial charge in [0, 0.05) is 19.0 Å². The highest BCUT2D eigenvalue weighted by Crippen LogP contribution is 2.29. The predicted molar refractivity (Wildman–Crippen MR) is 75.8 cm³/mol. The van der Waals surface area contributed by atoms with E-state index in [1.165, 1.54) is 7.11 Å². The van der Waals surface area contributed by atoms with Gasteiger partial charge in [0.25, 0.3) is 0 Å². The maximum absolute atomic E-state index is 12.1. The lowest BCUT2D eigenvalue weighted by Crippen LogP contribution is -2.21. The van der Waals surface area contributed by atoms with Crippen molar-refractivity contribution in [3.63, 3.8) is 0 Å². The lowest BCUT2D eigenvalue weighted by molar-refractivity contribution is -0.136. The van der Waals surface area contributed by atoms with E-state index in [1.807, 2.05) is 19.9 Å². The fourth-order valence-corrected chi connectivity index (χ4v) is 1.72. The molecule has 1 rings (SSSR count). The third-order valence-corrected chi connectivity index (χ3v) is 2.80. The van der Waals surface area contributed by atoms with Gasteiger partial charge >= 0.3 is 6.18 Å². The van der Waals surface area contributed by atoms with E-state index in [1.54, 1.807) is 12.1 Å². The van der Waals surface area contributed by atoms with Gasteiger partial charge in [-0.1, -0.05) is 19.9 Å². The van der Waals surface area contributed by atoms with E-state index in [4.69, 9.17) is 9.47 Å². The summed E-state index contributed by atoms with van der Waals surface area (Å²) in [4.78, 5) is 0. The Morgan fingerprint density at radius 3 is 2.48 bits per heavy atom. The molecule has 0 radical (unpaired) electrons. The Kier molecular flexibility index (Phi) is 6.81. The molecule has 0 bridgehead atoms. The van der Waals surface area contributed by atoms with Crippen LogP contribution in [0.1, 0.15) is 32.3 Å². The van der Waals surface area contributed by atoms with Crippen LogP contribution in [-0.4, -0.2) is 25.9 Å². The molecule has 0 spiro atoms. The average molecular weight is 305 g/mol. The molecular weight excluding hydrogens is 283 g/mol. The number of hydrogen-bond donors (Lipinski definition) is 1. The van der Waals surface area contributed by atoms with Crippen LogP contribution in [0.4, 0.5) is 13.2 Å². The van der Waals surface area contributed by atoms with Crippen LogP contribution in [0.25, 0.3) is 0 Å². The van der Waals surface area contributed by atoms with Gasteiger partial charge in [-0.15, -0.1) is 0 Å². The summed E-state index contributed by atoms with van der Waals surface area (Å²) in [5.41, 5.74) is 0.996. The van der Waals surface area contributed by atoms with Gasteiger partial charge in [0.15, 0.2) is 11.5 Å². The molecule has 0 saturated heterocycles. The van der Waals surface area contributed by atoms with Crippen molar-refractivity contribution in [3.8, 4) is 11.5 Å². The number of nitrogens with one attached hydrogen (secondary N) is 1. The number of benzene rings is 1. The fourth-order valence-electron chi connectivity index (χ4n) is 1.72. The smallest absolute Gasteiger partial charge is 0.389 e. The molecule has 0 heterocycles. The molecule has 0 fully saturated rings. The summed E-state index contributed by atoms with van der Waals surface area (Å²) < 4.78 is 46.8. The summed E-state index contributed by atoms with van der Waals surface area (Å²) in [7, 11) is 1.50. The number of alkyl halides is 3. The van der Waals surface area contributed by atoms with E-state index >= 15 is 0 Å². The maximum Gasteiger partial charge on any atom is 0.389 e. The highest BCUT2D eigenvalue weighted by atomic mass is 19.4. The third kappa shape index (κ3) is 7.22. The van der Waals surface area contributed by atoms with Crippen LogP contribution in [0.3, 0.4) is 0 Å². The van der Waals surface area contributed by atoms with Gasteiger partial charge in [0.05, 0.1) is 13.7 Å². The van der Waals surface area contributed by atoms with Crippen molar-refractivity contribution in [1.82, 2.24) is 5.32 Å². The Hall–Kier alpha value is -1.43. The minimum absolute atomic E-state index is 0.0108. The number of rotatable bonds is 8. The van der Waals surface area contributed by atoms with Crippen LogP contribution in [0.15, 0.2) is 18.2 Å². The predicted octanol–water partition coefficient (Wildman–Crippen LogP) is 3.91. The maximum atomic E-state index is 12.1. The van der Waals surface area contributed by atoms with Crippen molar-refractivity contribution in [2.45, 2.75) is 45.5 Å². The zero-order valence-corrected chi connectivity index (χ0v) is 12.6. The molecule has 1 aromatic carbocycles. The summed E-state index contributed by atoms with van der Waals surface area (Å²) in [6.45, 7) is 4.76. The number of hydrogen-bond acceptors (Lipinski definition) is 3. The summed E-state index contributed by atoms with van der Waals surface area (Å²) in [5.74, 6) is 0.998. The molecule has 0 atom stereocenters. The van der Waals surface area contributed by atoms with Gasteiger partial charge in [-0.25, -0.2) is 0 Å². The molecule has 120 valence electrons. The monoisotopic (exact) mass is 305 g/mol. The van der Waals surface area contributed by atoms with Crippen molar-refractivity contribution in [3.05, 3.63) is 23.8 Å². The summed E-state index contributed by atoms with van der Waals surface area (Å²) in [5, 5.41) is 3.27. The fraction of sp³-hybridized carbons (Fsp3) is 0.600. The van der Waals surface area contributed by atoms with Crippen molar-refractivity contribution < 1.29 is 22.6 Å². The Labute approximate surface area is 123 Å². The topological polar surface area (TPSA) is 30.5 Å². The number of halogens is 3.